The van der Waals surface area contributed by atoms with Crippen LogP contribution in [0.25, 0.3) is 0 Å². The summed E-state index contributed by atoms with van der Waals surface area (Å²) in [7, 11) is -2.32. The SMILES string of the molecule is COc1ccc(NS(=O)(=O)c2ccc(OCC(=O)NC3CCCCC3)cc2)cc1Cl. The molecule has 2 aromatic carbocycles. The second kappa shape index (κ2) is 10.0. The normalized spacial score (nSPS) is 14.7. The molecule has 3 rings (SSSR count). The summed E-state index contributed by atoms with van der Waals surface area (Å²) in [4.78, 5) is 12.1. The Morgan fingerprint density at radius 2 is 1.80 bits per heavy atom. The Labute approximate surface area is 181 Å². The van der Waals surface area contributed by atoms with Crippen molar-refractivity contribution in [3.63, 3.8) is 0 Å². The van der Waals surface area contributed by atoms with Crippen LogP contribution >= 0.6 is 11.6 Å². The molecule has 30 heavy (non-hydrogen) atoms. The lowest BCUT2D eigenvalue weighted by atomic mass is 9.95. The second-order valence-electron chi connectivity index (χ2n) is 7.12. The predicted octanol–water partition coefficient (Wildman–Crippen LogP) is 3.98. The van der Waals surface area contributed by atoms with Gasteiger partial charge in [-0.1, -0.05) is 30.9 Å². The first kappa shape index (κ1) is 22.2. The van der Waals surface area contributed by atoms with Crippen molar-refractivity contribution in [1.29, 1.82) is 0 Å². The van der Waals surface area contributed by atoms with Gasteiger partial charge in [0.05, 0.1) is 22.7 Å². The number of carbonyl (C=O) groups is 1. The molecule has 7 nitrogen and oxygen atoms in total. The molecule has 0 unspecified atom stereocenters. The summed E-state index contributed by atoms with van der Waals surface area (Å²) >= 11 is 6.04. The van der Waals surface area contributed by atoms with Crippen molar-refractivity contribution in [3.05, 3.63) is 47.5 Å². The lowest BCUT2D eigenvalue weighted by molar-refractivity contribution is -0.124. The molecule has 0 aliphatic heterocycles. The van der Waals surface area contributed by atoms with E-state index in [2.05, 4.69) is 10.0 Å². The second-order valence-corrected chi connectivity index (χ2v) is 9.21. The molecule has 1 aliphatic carbocycles. The number of hydrogen-bond donors (Lipinski definition) is 2. The summed E-state index contributed by atoms with van der Waals surface area (Å²) in [5.74, 6) is 0.700. The first-order valence-corrected chi connectivity index (χ1v) is 11.6. The third-order valence-corrected chi connectivity index (χ3v) is 6.57. The Balaban J connectivity index is 1.56. The molecule has 1 saturated carbocycles. The number of hydrogen-bond acceptors (Lipinski definition) is 5. The number of carbonyl (C=O) groups excluding carboxylic acids is 1. The third-order valence-electron chi connectivity index (χ3n) is 4.88. The number of sulfonamides is 1. The summed E-state index contributed by atoms with van der Waals surface area (Å²) in [6.07, 6.45) is 5.50. The number of halogens is 1. The van der Waals surface area contributed by atoms with Crippen molar-refractivity contribution in [3.8, 4) is 11.5 Å². The van der Waals surface area contributed by atoms with Crippen LogP contribution in [0.4, 0.5) is 5.69 Å². The van der Waals surface area contributed by atoms with Gasteiger partial charge in [-0.2, -0.15) is 0 Å². The van der Waals surface area contributed by atoms with Crippen LogP contribution in [0.1, 0.15) is 32.1 Å². The Morgan fingerprint density at radius 3 is 2.43 bits per heavy atom. The van der Waals surface area contributed by atoms with Crippen molar-refractivity contribution in [2.24, 2.45) is 0 Å². The molecule has 1 fully saturated rings. The van der Waals surface area contributed by atoms with Gasteiger partial charge in [0, 0.05) is 6.04 Å². The van der Waals surface area contributed by atoms with Gasteiger partial charge in [-0.25, -0.2) is 8.42 Å². The first-order chi connectivity index (χ1) is 14.4. The van der Waals surface area contributed by atoms with E-state index in [-0.39, 0.29) is 23.5 Å². The summed E-state index contributed by atoms with van der Waals surface area (Å²) in [6, 6.07) is 10.7. The van der Waals surface area contributed by atoms with Crippen molar-refractivity contribution in [2.45, 2.75) is 43.0 Å². The molecule has 0 spiro atoms. The molecule has 1 aliphatic rings. The highest BCUT2D eigenvalue weighted by atomic mass is 35.5. The van der Waals surface area contributed by atoms with E-state index in [9.17, 15) is 13.2 Å². The zero-order valence-corrected chi connectivity index (χ0v) is 18.3. The summed E-state index contributed by atoms with van der Waals surface area (Å²) < 4.78 is 38.2. The Hall–Kier alpha value is -2.45. The quantitative estimate of drug-likeness (QED) is 0.631. The molecule has 0 atom stereocenters. The average molecular weight is 453 g/mol. The van der Waals surface area contributed by atoms with E-state index in [0.29, 0.717) is 22.2 Å². The van der Waals surface area contributed by atoms with Crippen LogP contribution in [0.5, 0.6) is 11.5 Å². The van der Waals surface area contributed by atoms with Gasteiger partial charge in [0.25, 0.3) is 15.9 Å². The lowest BCUT2D eigenvalue weighted by Crippen LogP contribution is -2.38. The highest BCUT2D eigenvalue weighted by molar-refractivity contribution is 7.92. The van der Waals surface area contributed by atoms with Crippen LogP contribution in [0.15, 0.2) is 47.4 Å². The number of anilines is 1. The van der Waals surface area contributed by atoms with Gasteiger partial charge >= 0.3 is 0 Å². The molecule has 2 N–H and O–H groups in total. The Kier molecular flexibility index (Phi) is 7.44. The molecule has 1 amide bonds. The standard InChI is InChI=1S/C21H25ClN2O5S/c1-28-20-12-7-16(13-19(20)22)24-30(26,27)18-10-8-17(9-11-18)29-14-21(25)23-15-5-3-2-4-6-15/h7-13,15,24H,2-6,14H2,1H3,(H,23,25). The van der Waals surface area contributed by atoms with Gasteiger partial charge in [-0.3, -0.25) is 9.52 Å². The van der Waals surface area contributed by atoms with E-state index in [1.807, 2.05) is 0 Å². The number of benzene rings is 2. The van der Waals surface area contributed by atoms with E-state index in [0.717, 1.165) is 25.7 Å². The van der Waals surface area contributed by atoms with E-state index < -0.39 is 10.0 Å². The zero-order chi connectivity index (χ0) is 21.6. The van der Waals surface area contributed by atoms with E-state index >= 15 is 0 Å². The van der Waals surface area contributed by atoms with E-state index in [4.69, 9.17) is 21.1 Å². The number of ether oxygens (including phenoxy) is 2. The van der Waals surface area contributed by atoms with Crippen LogP contribution in [0.3, 0.4) is 0 Å². The van der Waals surface area contributed by atoms with Gasteiger partial charge in [0.2, 0.25) is 0 Å². The fourth-order valence-corrected chi connectivity index (χ4v) is 4.63. The van der Waals surface area contributed by atoms with Crippen molar-refractivity contribution in [2.75, 3.05) is 18.4 Å². The smallest absolute Gasteiger partial charge is 0.261 e. The Morgan fingerprint density at radius 1 is 1.10 bits per heavy atom. The van der Waals surface area contributed by atoms with Gasteiger partial charge in [0.1, 0.15) is 11.5 Å². The van der Waals surface area contributed by atoms with Gasteiger partial charge in [-0.15, -0.1) is 0 Å². The van der Waals surface area contributed by atoms with Crippen LogP contribution in [-0.4, -0.2) is 34.1 Å². The number of amides is 1. The highest BCUT2D eigenvalue weighted by Gasteiger charge is 2.17. The van der Waals surface area contributed by atoms with Crippen LogP contribution in [-0.2, 0) is 14.8 Å². The zero-order valence-electron chi connectivity index (χ0n) is 16.7. The fraction of sp³-hybridized carbons (Fsp3) is 0.381. The third kappa shape index (κ3) is 6.03. The van der Waals surface area contributed by atoms with Crippen LogP contribution in [0, 0.1) is 0 Å². The highest BCUT2D eigenvalue weighted by Crippen LogP contribution is 2.28. The minimum absolute atomic E-state index is 0.0634. The van der Waals surface area contributed by atoms with Crippen molar-refractivity contribution < 1.29 is 22.7 Å². The maximum absolute atomic E-state index is 12.6. The summed E-state index contributed by atoms with van der Waals surface area (Å²) in [5, 5.41) is 3.27. The minimum Gasteiger partial charge on any atom is -0.495 e. The first-order valence-electron chi connectivity index (χ1n) is 9.76. The van der Waals surface area contributed by atoms with Crippen LogP contribution < -0.4 is 19.5 Å². The average Bonchev–Trinajstić information content (AvgIpc) is 2.73. The molecule has 9 heteroatoms. The molecule has 162 valence electrons. The minimum atomic E-state index is -3.80. The molecule has 0 heterocycles. The van der Waals surface area contributed by atoms with Gasteiger partial charge in [0.15, 0.2) is 6.61 Å². The molecule has 0 saturated heterocycles. The molecule has 0 aromatic heterocycles. The van der Waals surface area contributed by atoms with E-state index in [1.165, 1.54) is 43.9 Å². The molecular formula is C21H25ClN2O5S. The molecule has 0 bridgehead atoms. The van der Waals surface area contributed by atoms with Crippen LogP contribution in [0.2, 0.25) is 5.02 Å². The lowest BCUT2D eigenvalue weighted by Gasteiger charge is -2.22. The molecule has 2 aromatic rings. The monoisotopic (exact) mass is 452 g/mol. The van der Waals surface area contributed by atoms with Gasteiger partial charge in [-0.05, 0) is 55.3 Å². The maximum atomic E-state index is 12.6. The predicted molar refractivity (Wildman–Crippen MR) is 116 cm³/mol. The number of rotatable bonds is 8. The maximum Gasteiger partial charge on any atom is 0.261 e. The largest absolute Gasteiger partial charge is 0.495 e. The van der Waals surface area contributed by atoms with E-state index in [1.54, 1.807) is 12.1 Å². The fourth-order valence-electron chi connectivity index (χ4n) is 3.32. The number of nitrogens with one attached hydrogen (secondary N) is 2. The number of methoxy groups -OCH3 is 1. The van der Waals surface area contributed by atoms with Gasteiger partial charge < -0.3 is 14.8 Å². The Bertz CT molecular complexity index is 973. The molecule has 0 radical (unpaired) electrons. The summed E-state index contributed by atoms with van der Waals surface area (Å²) in [6.45, 7) is -0.106. The molecular weight excluding hydrogens is 428 g/mol. The van der Waals surface area contributed by atoms with Crippen molar-refractivity contribution in [1.82, 2.24) is 5.32 Å². The topological polar surface area (TPSA) is 93.7 Å². The summed E-state index contributed by atoms with van der Waals surface area (Å²) in [5.41, 5.74) is 0.320. The van der Waals surface area contributed by atoms with Crippen molar-refractivity contribution >= 4 is 33.2 Å².